The van der Waals surface area contributed by atoms with Gasteiger partial charge in [0.05, 0.1) is 11.1 Å². The third-order valence-electron chi connectivity index (χ3n) is 4.36. The molecule has 0 amide bonds. The van der Waals surface area contributed by atoms with Crippen LogP contribution >= 0.6 is 15.9 Å². The van der Waals surface area contributed by atoms with Crippen molar-refractivity contribution in [3.05, 3.63) is 28.2 Å². The minimum Gasteiger partial charge on any atom is -0.490 e. The lowest BCUT2D eigenvalue weighted by molar-refractivity contribution is 0.146. The second kappa shape index (κ2) is 6.92. The van der Waals surface area contributed by atoms with E-state index in [-0.39, 0.29) is 11.5 Å². The Kier molecular flexibility index (Phi) is 5.47. The normalized spacial score (nSPS) is 19.0. The van der Waals surface area contributed by atoms with Crippen molar-refractivity contribution in [3.8, 4) is 5.75 Å². The Morgan fingerprint density at radius 3 is 2.60 bits per heavy atom. The van der Waals surface area contributed by atoms with E-state index in [1.165, 1.54) is 31.2 Å². The van der Waals surface area contributed by atoms with Crippen molar-refractivity contribution in [3.63, 3.8) is 0 Å². The van der Waals surface area contributed by atoms with E-state index in [1.807, 2.05) is 6.07 Å². The largest absolute Gasteiger partial charge is 0.490 e. The van der Waals surface area contributed by atoms with Gasteiger partial charge in [0.15, 0.2) is 0 Å². The van der Waals surface area contributed by atoms with Crippen LogP contribution in [-0.2, 0) is 4.74 Å². The van der Waals surface area contributed by atoms with Crippen molar-refractivity contribution >= 4 is 15.9 Å². The molecule has 1 aromatic rings. The number of halogens is 1. The van der Waals surface area contributed by atoms with Gasteiger partial charge in [0, 0.05) is 13.2 Å². The van der Waals surface area contributed by atoms with Crippen LogP contribution in [0.2, 0.25) is 0 Å². The van der Waals surface area contributed by atoms with Crippen molar-refractivity contribution in [2.24, 2.45) is 11.1 Å². The van der Waals surface area contributed by atoms with E-state index in [0.717, 1.165) is 10.2 Å². The van der Waals surface area contributed by atoms with Crippen molar-refractivity contribution in [2.75, 3.05) is 20.3 Å². The maximum atomic E-state index is 6.49. The molecule has 0 heterocycles. The van der Waals surface area contributed by atoms with Gasteiger partial charge in [0.2, 0.25) is 0 Å². The highest BCUT2D eigenvalue weighted by molar-refractivity contribution is 9.10. The Morgan fingerprint density at radius 1 is 1.30 bits per heavy atom. The number of nitrogens with two attached hydrogens (primary N) is 1. The first-order chi connectivity index (χ1) is 9.57. The van der Waals surface area contributed by atoms with Crippen LogP contribution in [0.4, 0.5) is 0 Å². The van der Waals surface area contributed by atoms with Crippen LogP contribution in [0.25, 0.3) is 0 Å². The van der Waals surface area contributed by atoms with E-state index in [2.05, 4.69) is 35.0 Å². The third kappa shape index (κ3) is 3.54. The average molecular weight is 342 g/mol. The molecule has 2 N–H and O–H groups in total. The zero-order valence-corrected chi connectivity index (χ0v) is 13.9. The summed E-state index contributed by atoms with van der Waals surface area (Å²) in [5.74, 6) is 0.842. The summed E-state index contributed by atoms with van der Waals surface area (Å²) in [5.41, 5.74) is 7.91. The molecule has 1 aromatic carbocycles. The van der Waals surface area contributed by atoms with Crippen LogP contribution < -0.4 is 10.5 Å². The molecule has 3 nitrogen and oxygen atoms in total. The van der Waals surface area contributed by atoms with Gasteiger partial charge in [-0.2, -0.15) is 0 Å². The molecule has 112 valence electrons. The first-order valence-electron chi connectivity index (χ1n) is 7.23. The smallest absolute Gasteiger partial charge is 0.133 e. The van der Waals surface area contributed by atoms with Gasteiger partial charge in [-0.15, -0.1) is 0 Å². The van der Waals surface area contributed by atoms with Crippen LogP contribution in [0.3, 0.4) is 0 Å². The lowest BCUT2D eigenvalue weighted by Crippen LogP contribution is -2.29. The molecule has 1 aliphatic rings. The molecule has 0 spiro atoms. The quantitative estimate of drug-likeness (QED) is 0.793. The molecule has 20 heavy (non-hydrogen) atoms. The molecule has 2 rings (SSSR count). The first kappa shape index (κ1) is 15.8. The van der Waals surface area contributed by atoms with Crippen molar-refractivity contribution in [2.45, 2.75) is 38.6 Å². The maximum absolute atomic E-state index is 6.49. The second-order valence-electron chi connectivity index (χ2n) is 5.87. The van der Waals surface area contributed by atoms with Gasteiger partial charge >= 0.3 is 0 Å². The summed E-state index contributed by atoms with van der Waals surface area (Å²) in [7, 11) is 1.67. The van der Waals surface area contributed by atoms with Gasteiger partial charge in [0.1, 0.15) is 12.4 Å². The molecule has 1 fully saturated rings. The highest BCUT2D eigenvalue weighted by Gasteiger charge is 2.35. The number of methoxy groups -OCH3 is 1. The van der Waals surface area contributed by atoms with Crippen molar-refractivity contribution in [1.29, 1.82) is 0 Å². The van der Waals surface area contributed by atoms with Crippen molar-refractivity contribution in [1.82, 2.24) is 0 Å². The number of hydrogen-bond acceptors (Lipinski definition) is 3. The Morgan fingerprint density at radius 2 is 2.00 bits per heavy atom. The molecule has 0 bridgehead atoms. The molecule has 0 saturated heterocycles. The van der Waals surface area contributed by atoms with Gasteiger partial charge < -0.3 is 15.2 Å². The number of hydrogen-bond donors (Lipinski definition) is 1. The number of benzene rings is 1. The van der Waals surface area contributed by atoms with Gasteiger partial charge in [0.25, 0.3) is 0 Å². The predicted molar refractivity (Wildman–Crippen MR) is 85.0 cm³/mol. The minimum absolute atomic E-state index is 0.0920. The number of rotatable bonds is 6. The highest BCUT2D eigenvalue weighted by atomic mass is 79.9. The van der Waals surface area contributed by atoms with Gasteiger partial charge in [-0.05, 0) is 51.9 Å². The summed E-state index contributed by atoms with van der Waals surface area (Å²) < 4.78 is 11.6. The fourth-order valence-corrected chi connectivity index (χ4v) is 3.47. The van der Waals surface area contributed by atoms with Gasteiger partial charge in [-0.1, -0.05) is 25.8 Å². The number of ether oxygens (including phenoxy) is 2. The Balaban J connectivity index is 2.08. The lowest BCUT2D eigenvalue weighted by atomic mass is 9.78. The molecule has 4 heteroatoms. The third-order valence-corrected chi connectivity index (χ3v) is 4.98. The van der Waals surface area contributed by atoms with Crippen LogP contribution in [0.15, 0.2) is 22.7 Å². The van der Waals surface area contributed by atoms with Gasteiger partial charge in [-0.25, -0.2) is 0 Å². The molecule has 0 radical (unpaired) electrons. The molecule has 1 unspecified atom stereocenters. The van der Waals surface area contributed by atoms with E-state index >= 15 is 0 Å². The fourth-order valence-electron chi connectivity index (χ4n) is 2.96. The monoisotopic (exact) mass is 341 g/mol. The van der Waals surface area contributed by atoms with E-state index in [9.17, 15) is 0 Å². The van der Waals surface area contributed by atoms with Crippen molar-refractivity contribution < 1.29 is 9.47 Å². The van der Waals surface area contributed by atoms with E-state index in [1.54, 1.807) is 7.11 Å². The van der Waals surface area contributed by atoms with E-state index in [0.29, 0.717) is 13.2 Å². The summed E-state index contributed by atoms with van der Waals surface area (Å²) in [5, 5.41) is 0. The fraction of sp³-hybridized carbons (Fsp3) is 0.625. The predicted octanol–water partition coefficient (Wildman–Crippen LogP) is 4.05. The Labute approximate surface area is 130 Å². The van der Waals surface area contributed by atoms with Crippen LogP contribution in [-0.4, -0.2) is 20.3 Å². The van der Waals surface area contributed by atoms with Crippen LogP contribution in [0, 0.1) is 5.41 Å². The molecular formula is C16H24BrNO2. The summed E-state index contributed by atoms with van der Waals surface area (Å²) in [6.45, 7) is 3.45. The molecule has 0 aliphatic heterocycles. The topological polar surface area (TPSA) is 44.5 Å². The van der Waals surface area contributed by atoms with Crippen LogP contribution in [0.5, 0.6) is 5.75 Å². The van der Waals surface area contributed by atoms with E-state index in [4.69, 9.17) is 15.2 Å². The first-order valence-corrected chi connectivity index (χ1v) is 8.03. The summed E-state index contributed by atoms with van der Waals surface area (Å²) in [6.07, 6.45) is 5.03. The molecule has 0 aromatic heterocycles. The summed E-state index contributed by atoms with van der Waals surface area (Å²) in [6, 6.07) is 6.26. The molecule has 1 atom stereocenters. The Bertz CT molecular complexity index is 444. The summed E-state index contributed by atoms with van der Waals surface area (Å²) in [4.78, 5) is 0. The zero-order chi connectivity index (χ0) is 14.6. The lowest BCUT2D eigenvalue weighted by Gasteiger charge is -2.31. The SMILES string of the molecule is COCCOc1ccc(C(N)C2(C)CCCC2)cc1Br. The second-order valence-corrected chi connectivity index (χ2v) is 6.72. The summed E-state index contributed by atoms with van der Waals surface area (Å²) >= 11 is 3.57. The zero-order valence-electron chi connectivity index (χ0n) is 12.3. The Hall–Kier alpha value is -0.580. The minimum atomic E-state index is 0.0920. The molecule has 1 aliphatic carbocycles. The standard InChI is InChI=1S/C16H24BrNO2/c1-16(7-3-4-8-16)15(18)12-5-6-14(13(17)11-12)20-10-9-19-2/h5-6,11,15H,3-4,7-10,18H2,1-2H3. The maximum Gasteiger partial charge on any atom is 0.133 e. The molecular weight excluding hydrogens is 318 g/mol. The average Bonchev–Trinajstić information content (AvgIpc) is 2.88. The molecule has 1 saturated carbocycles. The van der Waals surface area contributed by atoms with Gasteiger partial charge in [-0.3, -0.25) is 0 Å². The van der Waals surface area contributed by atoms with Crippen LogP contribution in [0.1, 0.15) is 44.2 Å². The van der Waals surface area contributed by atoms with E-state index < -0.39 is 0 Å². The highest BCUT2D eigenvalue weighted by Crippen LogP contribution is 2.46.